The third-order valence-corrected chi connectivity index (χ3v) is 2.92. The number of halogens is 1. The maximum atomic E-state index is 13.7. The van der Waals surface area contributed by atoms with E-state index in [4.69, 9.17) is 0 Å². The molecule has 0 radical (unpaired) electrons. The normalized spacial score (nSPS) is 10.1. The highest BCUT2D eigenvalue weighted by Crippen LogP contribution is 2.20. The van der Waals surface area contributed by atoms with Crippen LogP contribution in [0, 0.1) is 5.82 Å². The fourth-order valence-corrected chi connectivity index (χ4v) is 1.83. The van der Waals surface area contributed by atoms with E-state index in [-0.39, 0.29) is 11.6 Å². The minimum atomic E-state index is -0.414. The minimum absolute atomic E-state index is 0.248. The largest absolute Gasteiger partial charge is 0.388 e. The molecule has 4 heteroatoms. The number of carbonyl (C=O) groups excluding carboxylic acids is 1. The third kappa shape index (κ3) is 2.73. The van der Waals surface area contributed by atoms with Crippen molar-refractivity contribution in [3.63, 3.8) is 0 Å². The van der Waals surface area contributed by atoms with Gasteiger partial charge in [-0.2, -0.15) is 0 Å². The van der Waals surface area contributed by atoms with Gasteiger partial charge in [-0.25, -0.2) is 4.39 Å². The fraction of sp³-hybridized carbons (Fsp3) is 0.133. The topological polar surface area (TPSA) is 32.3 Å². The summed E-state index contributed by atoms with van der Waals surface area (Å²) in [6.45, 7) is 0. The Morgan fingerprint density at radius 2 is 1.89 bits per heavy atom. The van der Waals surface area contributed by atoms with Gasteiger partial charge in [0, 0.05) is 25.3 Å². The van der Waals surface area contributed by atoms with Crippen molar-refractivity contribution in [2.75, 3.05) is 24.3 Å². The summed E-state index contributed by atoms with van der Waals surface area (Å²) in [6, 6.07) is 13.3. The SMILES string of the molecule is CNc1cccc(C(=O)N(C)c2ccccc2F)c1. The van der Waals surface area contributed by atoms with Crippen LogP contribution in [0.3, 0.4) is 0 Å². The van der Waals surface area contributed by atoms with Gasteiger partial charge in [-0.3, -0.25) is 4.79 Å². The molecule has 1 amide bonds. The molecule has 0 saturated heterocycles. The van der Waals surface area contributed by atoms with E-state index >= 15 is 0 Å². The average Bonchev–Trinajstić information content (AvgIpc) is 2.46. The van der Waals surface area contributed by atoms with Crippen LogP contribution < -0.4 is 10.2 Å². The maximum absolute atomic E-state index is 13.7. The van der Waals surface area contributed by atoms with E-state index < -0.39 is 5.82 Å². The zero-order valence-corrected chi connectivity index (χ0v) is 10.9. The van der Waals surface area contributed by atoms with E-state index in [0.717, 1.165) is 5.69 Å². The number of anilines is 2. The van der Waals surface area contributed by atoms with E-state index in [2.05, 4.69) is 5.32 Å². The lowest BCUT2D eigenvalue weighted by atomic mass is 10.1. The standard InChI is InChI=1S/C15H15FN2O/c1-17-12-7-5-6-11(10-12)15(19)18(2)14-9-4-3-8-13(14)16/h3-10,17H,1-2H3. The van der Waals surface area contributed by atoms with Gasteiger partial charge in [0.25, 0.3) is 5.91 Å². The molecule has 3 nitrogen and oxygen atoms in total. The molecule has 2 aromatic rings. The number of para-hydroxylation sites is 1. The summed E-state index contributed by atoms with van der Waals surface area (Å²) in [4.78, 5) is 13.6. The van der Waals surface area contributed by atoms with Crippen LogP contribution in [-0.4, -0.2) is 20.0 Å². The molecule has 0 unspecified atom stereocenters. The molecule has 0 aliphatic carbocycles. The van der Waals surface area contributed by atoms with Crippen LogP contribution in [0.2, 0.25) is 0 Å². The number of nitrogens with one attached hydrogen (secondary N) is 1. The molecule has 98 valence electrons. The lowest BCUT2D eigenvalue weighted by Gasteiger charge is -2.18. The summed E-state index contributed by atoms with van der Waals surface area (Å²) in [5.41, 5.74) is 1.62. The number of carbonyl (C=O) groups is 1. The Hall–Kier alpha value is -2.36. The monoisotopic (exact) mass is 258 g/mol. The van der Waals surface area contributed by atoms with Crippen molar-refractivity contribution in [1.29, 1.82) is 0 Å². The Morgan fingerprint density at radius 1 is 1.16 bits per heavy atom. The highest BCUT2D eigenvalue weighted by atomic mass is 19.1. The number of hydrogen-bond acceptors (Lipinski definition) is 2. The van der Waals surface area contributed by atoms with Crippen molar-refractivity contribution < 1.29 is 9.18 Å². The number of hydrogen-bond donors (Lipinski definition) is 1. The number of amides is 1. The smallest absolute Gasteiger partial charge is 0.258 e. The highest BCUT2D eigenvalue weighted by molar-refractivity contribution is 6.06. The number of benzene rings is 2. The molecule has 0 aromatic heterocycles. The molecule has 0 heterocycles. The number of nitrogens with zero attached hydrogens (tertiary/aromatic N) is 1. The van der Waals surface area contributed by atoms with E-state index in [1.54, 1.807) is 50.5 Å². The number of rotatable bonds is 3. The van der Waals surface area contributed by atoms with Crippen LogP contribution in [0.25, 0.3) is 0 Å². The predicted molar refractivity (Wildman–Crippen MR) is 75.1 cm³/mol. The summed E-state index contributed by atoms with van der Waals surface area (Å²) < 4.78 is 13.7. The maximum Gasteiger partial charge on any atom is 0.258 e. The van der Waals surface area contributed by atoms with Crippen LogP contribution in [-0.2, 0) is 0 Å². The molecule has 0 fully saturated rings. The lowest BCUT2D eigenvalue weighted by Crippen LogP contribution is -2.27. The zero-order valence-electron chi connectivity index (χ0n) is 10.9. The molecular formula is C15H15FN2O. The lowest BCUT2D eigenvalue weighted by molar-refractivity contribution is 0.0992. The van der Waals surface area contributed by atoms with Crippen molar-refractivity contribution in [3.8, 4) is 0 Å². The van der Waals surface area contributed by atoms with Gasteiger partial charge in [0.2, 0.25) is 0 Å². The van der Waals surface area contributed by atoms with Crippen molar-refractivity contribution in [2.45, 2.75) is 0 Å². The van der Waals surface area contributed by atoms with E-state index in [9.17, 15) is 9.18 Å². The summed E-state index contributed by atoms with van der Waals surface area (Å²) in [7, 11) is 3.34. The Kier molecular flexibility index (Phi) is 3.80. The van der Waals surface area contributed by atoms with Gasteiger partial charge < -0.3 is 10.2 Å². The molecule has 0 saturated carbocycles. The predicted octanol–water partition coefficient (Wildman–Crippen LogP) is 3.14. The molecule has 0 aliphatic rings. The fourth-order valence-electron chi connectivity index (χ4n) is 1.83. The minimum Gasteiger partial charge on any atom is -0.388 e. The Balaban J connectivity index is 2.31. The summed E-state index contributed by atoms with van der Waals surface area (Å²) in [5.74, 6) is -0.662. The molecule has 0 bridgehead atoms. The van der Waals surface area contributed by atoms with Gasteiger partial charge in [0.1, 0.15) is 5.82 Å². The second kappa shape index (κ2) is 5.52. The molecule has 0 spiro atoms. The van der Waals surface area contributed by atoms with Gasteiger partial charge in [-0.15, -0.1) is 0 Å². The highest BCUT2D eigenvalue weighted by Gasteiger charge is 2.16. The van der Waals surface area contributed by atoms with Crippen molar-refractivity contribution in [2.24, 2.45) is 0 Å². The van der Waals surface area contributed by atoms with Gasteiger partial charge in [0.05, 0.1) is 5.69 Å². The van der Waals surface area contributed by atoms with Crippen molar-refractivity contribution in [1.82, 2.24) is 0 Å². The quantitative estimate of drug-likeness (QED) is 0.917. The van der Waals surface area contributed by atoms with E-state index in [1.165, 1.54) is 11.0 Å². The van der Waals surface area contributed by atoms with Crippen molar-refractivity contribution >= 4 is 17.3 Å². The first-order valence-corrected chi connectivity index (χ1v) is 5.94. The van der Waals surface area contributed by atoms with E-state index in [0.29, 0.717) is 5.56 Å². The van der Waals surface area contributed by atoms with Gasteiger partial charge in [-0.1, -0.05) is 18.2 Å². The third-order valence-electron chi connectivity index (χ3n) is 2.92. The average molecular weight is 258 g/mol. The van der Waals surface area contributed by atoms with Gasteiger partial charge >= 0.3 is 0 Å². The second-order valence-corrected chi connectivity index (χ2v) is 4.15. The first-order valence-electron chi connectivity index (χ1n) is 5.94. The summed E-state index contributed by atoms with van der Waals surface area (Å²) in [5, 5.41) is 2.97. The van der Waals surface area contributed by atoms with Crippen LogP contribution in [0.4, 0.5) is 15.8 Å². The molecule has 19 heavy (non-hydrogen) atoms. The molecule has 0 aliphatic heterocycles. The molecule has 0 atom stereocenters. The Labute approximate surface area is 111 Å². The van der Waals surface area contributed by atoms with Crippen LogP contribution in [0.1, 0.15) is 10.4 Å². The molecule has 2 aromatic carbocycles. The second-order valence-electron chi connectivity index (χ2n) is 4.15. The van der Waals surface area contributed by atoms with Crippen LogP contribution >= 0.6 is 0 Å². The van der Waals surface area contributed by atoms with E-state index in [1.807, 2.05) is 6.07 Å². The summed E-state index contributed by atoms with van der Waals surface area (Å²) in [6.07, 6.45) is 0. The Bertz CT molecular complexity index is 598. The van der Waals surface area contributed by atoms with Crippen molar-refractivity contribution in [3.05, 3.63) is 59.9 Å². The zero-order chi connectivity index (χ0) is 13.8. The van der Waals surface area contributed by atoms with Gasteiger partial charge in [-0.05, 0) is 30.3 Å². The molecule has 1 N–H and O–H groups in total. The van der Waals surface area contributed by atoms with Crippen LogP contribution in [0.5, 0.6) is 0 Å². The molecule has 2 rings (SSSR count). The first-order chi connectivity index (χ1) is 9.13. The first kappa shape index (κ1) is 13.1. The molecular weight excluding hydrogens is 243 g/mol. The Morgan fingerprint density at radius 3 is 2.58 bits per heavy atom. The van der Waals surface area contributed by atoms with Gasteiger partial charge in [0.15, 0.2) is 0 Å². The van der Waals surface area contributed by atoms with Crippen LogP contribution in [0.15, 0.2) is 48.5 Å². The summed E-state index contributed by atoms with van der Waals surface area (Å²) >= 11 is 0.